The molecule has 1 aromatic carbocycles. The number of hydrogen-bond acceptors (Lipinski definition) is 5. The van der Waals surface area contributed by atoms with Crippen molar-refractivity contribution in [3.63, 3.8) is 0 Å². The Morgan fingerprint density at radius 2 is 1.91 bits per heavy atom. The molecule has 178 valence electrons. The molecule has 8 heteroatoms. The number of likely N-dealkylation sites (tertiary alicyclic amines) is 2. The van der Waals surface area contributed by atoms with E-state index in [1.165, 1.54) is 17.8 Å². The van der Waals surface area contributed by atoms with Crippen LogP contribution in [0.5, 0.6) is 5.75 Å². The molecule has 2 aromatic heterocycles. The SMILES string of the molecule is COc1ccc(F)cc1-c1ccnc2[nH]c([C@@H]3C[C@@H]4CN(CC(=O)N5CC(O)C5)C[C@@H]4C3)cc12. The van der Waals surface area contributed by atoms with Crippen molar-refractivity contribution in [2.75, 3.05) is 39.8 Å². The number of β-amino-alcohol motifs (C(OH)–C–C–N with tert-alkyl or cyclic N) is 1. The molecule has 0 unspecified atom stereocenters. The molecule has 3 aliphatic rings. The lowest BCUT2D eigenvalue weighted by atomic mass is 9.99. The van der Waals surface area contributed by atoms with Gasteiger partial charge in [-0.3, -0.25) is 9.69 Å². The lowest BCUT2D eigenvalue weighted by Gasteiger charge is -2.36. The van der Waals surface area contributed by atoms with E-state index in [1.54, 1.807) is 24.3 Å². The Hall–Kier alpha value is -2.97. The molecular formula is C26H29FN4O3. The summed E-state index contributed by atoms with van der Waals surface area (Å²) in [6, 6.07) is 8.65. The molecule has 0 radical (unpaired) electrons. The van der Waals surface area contributed by atoms with E-state index in [9.17, 15) is 14.3 Å². The Morgan fingerprint density at radius 3 is 2.62 bits per heavy atom. The molecule has 1 amide bonds. The van der Waals surface area contributed by atoms with Crippen molar-refractivity contribution < 1.29 is 19.0 Å². The van der Waals surface area contributed by atoms with E-state index in [-0.39, 0.29) is 17.8 Å². The fourth-order valence-corrected chi connectivity index (χ4v) is 6.12. The number of benzene rings is 1. The molecule has 7 nitrogen and oxygen atoms in total. The van der Waals surface area contributed by atoms with Crippen LogP contribution in [0.2, 0.25) is 0 Å². The van der Waals surface area contributed by atoms with Gasteiger partial charge in [0.05, 0.1) is 19.8 Å². The number of carbonyl (C=O) groups excluding carboxylic acids is 1. The summed E-state index contributed by atoms with van der Waals surface area (Å²) in [5.74, 6) is 2.06. The number of methoxy groups -OCH3 is 1. The van der Waals surface area contributed by atoms with Crippen molar-refractivity contribution in [3.8, 4) is 16.9 Å². The van der Waals surface area contributed by atoms with E-state index in [2.05, 4.69) is 20.9 Å². The van der Waals surface area contributed by atoms with Crippen molar-refractivity contribution >= 4 is 16.9 Å². The molecule has 6 rings (SSSR count). The van der Waals surface area contributed by atoms with Gasteiger partial charge in [-0.25, -0.2) is 9.37 Å². The Balaban J connectivity index is 1.18. The summed E-state index contributed by atoms with van der Waals surface area (Å²) in [7, 11) is 1.60. The molecular weight excluding hydrogens is 435 g/mol. The van der Waals surface area contributed by atoms with E-state index >= 15 is 0 Å². The number of carbonyl (C=O) groups is 1. The quantitative estimate of drug-likeness (QED) is 0.607. The zero-order chi connectivity index (χ0) is 23.4. The summed E-state index contributed by atoms with van der Waals surface area (Å²) in [4.78, 5) is 24.4. The Bertz CT molecular complexity index is 1220. The highest BCUT2D eigenvalue weighted by Gasteiger charge is 2.42. The second-order valence-corrected chi connectivity index (χ2v) is 10.0. The van der Waals surface area contributed by atoms with Crippen molar-refractivity contribution in [1.82, 2.24) is 19.8 Å². The number of pyridine rings is 1. The molecule has 1 saturated carbocycles. The van der Waals surface area contributed by atoms with Gasteiger partial charge in [0, 0.05) is 49.0 Å². The summed E-state index contributed by atoms with van der Waals surface area (Å²) >= 11 is 0. The van der Waals surface area contributed by atoms with Crippen molar-refractivity contribution in [2.24, 2.45) is 11.8 Å². The topological polar surface area (TPSA) is 81.7 Å². The fraction of sp³-hybridized carbons (Fsp3) is 0.462. The van der Waals surface area contributed by atoms with Crippen LogP contribution < -0.4 is 4.74 Å². The maximum atomic E-state index is 14.0. The van der Waals surface area contributed by atoms with Crippen molar-refractivity contribution in [2.45, 2.75) is 24.9 Å². The van der Waals surface area contributed by atoms with Crippen molar-refractivity contribution in [1.29, 1.82) is 0 Å². The first-order chi connectivity index (χ1) is 16.5. The van der Waals surface area contributed by atoms with Gasteiger partial charge in [0.2, 0.25) is 5.91 Å². The highest BCUT2D eigenvalue weighted by atomic mass is 19.1. The van der Waals surface area contributed by atoms with E-state index in [1.807, 2.05) is 6.07 Å². The number of nitrogens with zero attached hydrogens (tertiary/aromatic N) is 3. The monoisotopic (exact) mass is 464 g/mol. The minimum Gasteiger partial charge on any atom is -0.496 e. The number of halogens is 1. The molecule has 3 atom stereocenters. The number of aliphatic hydroxyl groups is 1. The average molecular weight is 465 g/mol. The minimum absolute atomic E-state index is 0.129. The summed E-state index contributed by atoms with van der Waals surface area (Å²) in [5, 5.41) is 10.4. The molecule has 3 aromatic rings. The number of ether oxygens (including phenoxy) is 1. The number of hydrogen-bond donors (Lipinski definition) is 2. The number of amides is 1. The van der Waals surface area contributed by atoms with Gasteiger partial charge in [0.15, 0.2) is 0 Å². The number of aromatic nitrogens is 2. The fourth-order valence-electron chi connectivity index (χ4n) is 6.12. The predicted molar refractivity (Wildman–Crippen MR) is 126 cm³/mol. The first-order valence-electron chi connectivity index (χ1n) is 12.0. The van der Waals surface area contributed by atoms with Gasteiger partial charge in [-0.1, -0.05) is 0 Å². The van der Waals surface area contributed by atoms with Crippen LogP contribution in [0.15, 0.2) is 36.5 Å². The van der Waals surface area contributed by atoms with Gasteiger partial charge in [-0.05, 0) is 66.5 Å². The van der Waals surface area contributed by atoms with Crippen molar-refractivity contribution in [3.05, 3.63) is 48.0 Å². The first kappa shape index (κ1) is 21.6. The maximum absolute atomic E-state index is 14.0. The van der Waals surface area contributed by atoms with Crippen LogP contribution in [0.4, 0.5) is 4.39 Å². The van der Waals surface area contributed by atoms with E-state index in [0.29, 0.717) is 43.1 Å². The van der Waals surface area contributed by atoms with Crippen LogP contribution in [0.3, 0.4) is 0 Å². The van der Waals surface area contributed by atoms with E-state index in [0.717, 1.165) is 48.1 Å². The van der Waals surface area contributed by atoms with Crippen LogP contribution >= 0.6 is 0 Å². The number of aromatic amines is 1. The highest BCUT2D eigenvalue weighted by molar-refractivity contribution is 5.95. The third kappa shape index (κ3) is 3.75. The van der Waals surface area contributed by atoms with E-state index < -0.39 is 0 Å². The van der Waals surface area contributed by atoms with E-state index in [4.69, 9.17) is 4.74 Å². The predicted octanol–water partition coefficient (Wildman–Crippen LogP) is 3.01. The van der Waals surface area contributed by atoms with Gasteiger partial charge in [-0.15, -0.1) is 0 Å². The van der Waals surface area contributed by atoms with Crippen LogP contribution in [0, 0.1) is 17.7 Å². The lowest BCUT2D eigenvalue weighted by Crippen LogP contribution is -2.55. The smallest absolute Gasteiger partial charge is 0.236 e. The van der Waals surface area contributed by atoms with Gasteiger partial charge < -0.3 is 19.7 Å². The molecule has 0 spiro atoms. The summed E-state index contributed by atoms with van der Waals surface area (Å²) in [5.41, 5.74) is 3.61. The van der Waals surface area contributed by atoms with Gasteiger partial charge in [0.1, 0.15) is 17.2 Å². The second-order valence-electron chi connectivity index (χ2n) is 10.0. The van der Waals surface area contributed by atoms with Crippen LogP contribution in [0.25, 0.3) is 22.2 Å². The lowest BCUT2D eigenvalue weighted by molar-refractivity contribution is -0.142. The third-order valence-electron chi connectivity index (χ3n) is 7.84. The summed E-state index contributed by atoms with van der Waals surface area (Å²) < 4.78 is 19.5. The van der Waals surface area contributed by atoms with Crippen LogP contribution in [-0.4, -0.2) is 76.7 Å². The normalized spacial score (nSPS) is 25.0. The Labute approximate surface area is 197 Å². The summed E-state index contributed by atoms with van der Waals surface area (Å²) in [6.45, 7) is 3.31. The second kappa shape index (κ2) is 8.36. The standard InChI is InChI=1S/C26H29FN4O3/c1-34-24-3-2-18(27)8-21(24)20-4-5-28-26-22(20)9-23(29-26)15-6-16-10-30(11-17(16)7-15)14-25(33)31-12-19(32)13-31/h2-5,8-9,15-17,19,32H,6-7,10-14H2,1H3,(H,28,29)/t15-,16-,17+. The third-order valence-corrected chi connectivity index (χ3v) is 7.84. The van der Waals surface area contributed by atoms with Gasteiger partial charge >= 0.3 is 0 Å². The molecule has 0 bridgehead atoms. The number of rotatable bonds is 5. The largest absolute Gasteiger partial charge is 0.496 e. The maximum Gasteiger partial charge on any atom is 0.236 e. The molecule has 2 aliphatic heterocycles. The Kier molecular flexibility index (Phi) is 5.30. The molecule has 4 heterocycles. The molecule has 34 heavy (non-hydrogen) atoms. The van der Waals surface area contributed by atoms with Crippen LogP contribution in [-0.2, 0) is 4.79 Å². The minimum atomic E-state index is -0.351. The highest BCUT2D eigenvalue weighted by Crippen LogP contribution is 2.47. The zero-order valence-corrected chi connectivity index (χ0v) is 19.2. The number of fused-ring (bicyclic) bond motifs is 2. The average Bonchev–Trinajstić information content (AvgIpc) is 3.49. The molecule has 3 fully saturated rings. The summed E-state index contributed by atoms with van der Waals surface area (Å²) in [6.07, 6.45) is 3.57. The van der Waals surface area contributed by atoms with Gasteiger partial charge in [0.25, 0.3) is 0 Å². The van der Waals surface area contributed by atoms with Crippen LogP contribution in [0.1, 0.15) is 24.5 Å². The number of H-pyrrole nitrogens is 1. The number of aliphatic hydroxyl groups excluding tert-OH is 1. The zero-order valence-electron chi connectivity index (χ0n) is 19.2. The molecule has 2 N–H and O–H groups in total. The molecule has 1 aliphatic carbocycles. The van der Waals surface area contributed by atoms with Gasteiger partial charge in [-0.2, -0.15) is 0 Å². The Morgan fingerprint density at radius 1 is 1.15 bits per heavy atom. The molecule has 2 saturated heterocycles. The number of nitrogens with one attached hydrogen (secondary N) is 1. The first-order valence-corrected chi connectivity index (χ1v) is 12.0.